The van der Waals surface area contributed by atoms with E-state index in [4.69, 9.17) is 0 Å². The van der Waals surface area contributed by atoms with Crippen LogP contribution in [0.3, 0.4) is 0 Å². The summed E-state index contributed by atoms with van der Waals surface area (Å²) in [5.74, 6) is -0.540. The standard InChI is InChI=1S/C8H8FNO2S2/c1-13-7-4-8(14-2)6(10(11)12)3-5(7)9/h3-4H,1-2H3. The first kappa shape index (κ1) is 11.3. The Labute approximate surface area is 89.2 Å². The van der Waals surface area contributed by atoms with Gasteiger partial charge in [-0.1, -0.05) is 0 Å². The normalized spacial score (nSPS) is 10.2. The predicted molar refractivity (Wildman–Crippen MR) is 56.6 cm³/mol. The highest BCUT2D eigenvalue weighted by molar-refractivity contribution is 7.99. The van der Waals surface area contributed by atoms with Crippen LogP contribution in [-0.4, -0.2) is 17.4 Å². The number of hydrogen-bond donors (Lipinski definition) is 0. The molecule has 0 spiro atoms. The summed E-state index contributed by atoms with van der Waals surface area (Å²) in [7, 11) is 0. The molecule has 0 aliphatic carbocycles. The smallest absolute Gasteiger partial charge is 0.258 e. The Kier molecular flexibility index (Phi) is 3.77. The quantitative estimate of drug-likeness (QED) is 0.457. The molecule has 0 aliphatic rings. The van der Waals surface area contributed by atoms with Crippen LogP contribution in [0.15, 0.2) is 21.9 Å². The summed E-state index contributed by atoms with van der Waals surface area (Å²) < 4.78 is 13.2. The lowest BCUT2D eigenvalue weighted by molar-refractivity contribution is -0.388. The molecule has 1 aromatic rings. The van der Waals surface area contributed by atoms with E-state index >= 15 is 0 Å². The highest BCUT2D eigenvalue weighted by Crippen LogP contribution is 2.33. The molecule has 76 valence electrons. The molecular weight excluding hydrogens is 225 g/mol. The largest absolute Gasteiger partial charge is 0.285 e. The van der Waals surface area contributed by atoms with Crippen molar-refractivity contribution in [2.24, 2.45) is 0 Å². The second-order valence-corrected chi connectivity index (χ2v) is 4.11. The van der Waals surface area contributed by atoms with Crippen LogP contribution in [0.2, 0.25) is 0 Å². The summed E-state index contributed by atoms with van der Waals surface area (Å²) in [6, 6.07) is 2.47. The van der Waals surface area contributed by atoms with Crippen molar-refractivity contribution in [2.45, 2.75) is 9.79 Å². The lowest BCUT2D eigenvalue weighted by atomic mass is 10.3. The number of nitro groups is 1. The van der Waals surface area contributed by atoms with E-state index in [1.165, 1.54) is 29.6 Å². The molecular formula is C8H8FNO2S2. The van der Waals surface area contributed by atoms with Gasteiger partial charge in [0.1, 0.15) is 5.82 Å². The van der Waals surface area contributed by atoms with Crippen LogP contribution in [-0.2, 0) is 0 Å². The van der Waals surface area contributed by atoms with Gasteiger partial charge in [0.15, 0.2) is 0 Å². The summed E-state index contributed by atoms with van der Waals surface area (Å²) >= 11 is 2.47. The lowest BCUT2D eigenvalue weighted by Crippen LogP contribution is -1.93. The summed E-state index contributed by atoms with van der Waals surface area (Å²) in [6.07, 6.45) is 3.46. The van der Waals surface area contributed by atoms with Crippen LogP contribution in [0, 0.1) is 15.9 Å². The highest BCUT2D eigenvalue weighted by Gasteiger charge is 2.17. The van der Waals surface area contributed by atoms with Gasteiger partial charge < -0.3 is 0 Å². The third-order valence-corrected chi connectivity index (χ3v) is 3.17. The maximum Gasteiger partial charge on any atom is 0.285 e. The third-order valence-electron chi connectivity index (χ3n) is 1.65. The number of nitrogens with zero attached hydrogens (tertiary/aromatic N) is 1. The van der Waals surface area contributed by atoms with E-state index in [1.54, 1.807) is 12.5 Å². The fourth-order valence-corrected chi connectivity index (χ4v) is 2.13. The maximum atomic E-state index is 13.2. The molecule has 1 aromatic carbocycles. The zero-order chi connectivity index (χ0) is 10.7. The van der Waals surface area contributed by atoms with Gasteiger partial charge >= 0.3 is 0 Å². The van der Waals surface area contributed by atoms with Crippen LogP contribution in [0.4, 0.5) is 10.1 Å². The topological polar surface area (TPSA) is 43.1 Å². The van der Waals surface area contributed by atoms with Crippen LogP contribution < -0.4 is 0 Å². The fourth-order valence-electron chi connectivity index (χ4n) is 0.987. The average molecular weight is 233 g/mol. The molecule has 0 unspecified atom stereocenters. The number of nitro benzene ring substituents is 1. The summed E-state index contributed by atoms with van der Waals surface area (Å²) in [5.41, 5.74) is -0.173. The Morgan fingerprint density at radius 3 is 2.29 bits per heavy atom. The van der Waals surface area contributed by atoms with Crippen LogP contribution in [0.1, 0.15) is 0 Å². The van der Waals surface area contributed by atoms with Gasteiger partial charge in [0.05, 0.1) is 15.9 Å². The first-order chi connectivity index (χ1) is 6.60. The second kappa shape index (κ2) is 4.65. The average Bonchev–Trinajstić information content (AvgIpc) is 2.17. The van der Waals surface area contributed by atoms with E-state index in [-0.39, 0.29) is 5.69 Å². The van der Waals surface area contributed by atoms with Crippen molar-refractivity contribution in [2.75, 3.05) is 12.5 Å². The molecule has 0 atom stereocenters. The molecule has 6 heteroatoms. The number of thioether (sulfide) groups is 2. The zero-order valence-electron chi connectivity index (χ0n) is 7.61. The number of hydrogen-bond acceptors (Lipinski definition) is 4. The zero-order valence-corrected chi connectivity index (χ0v) is 9.25. The maximum absolute atomic E-state index is 13.2. The Morgan fingerprint density at radius 2 is 1.86 bits per heavy atom. The Morgan fingerprint density at radius 1 is 1.29 bits per heavy atom. The highest BCUT2D eigenvalue weighted by atomic mass is 32.2. The molecule has 0 N–H and O–H groups in total. The summed E-state index contributed by atoms with van der Waals surface area (Å²) in [6.45, 7) is 0. The van der Waals surface area contributed by atoms with E-state index < -0.39 is 10.7 Å². The van der Waals surface area contributed by atoms with Crippen LogP contribution >= 0.6 is 23.5 Å². The Balaban J connectivity index is 3.31. The summed E-state index contributed by atoms with van der Waals surface area (Å²) in [5, 5.41) is 10.6. The van der Waals surface area contributed by atoms with E-state index in [1.807, 2.05) is 0 Å². The predicted octanol–water partition coefficient (Wildman–Crippen LogP) is 3.18. The van der Waals surface area contributed by atoms with Gasteiger partial charge in [-0.2, -0.15) is 0 Å². The second-order valence-electron chi connectivity index (χ2n) is 2.42. The molecule has 0 amide bonds. The van der Waals surface area contributed by atoms with E-state index in [0.717, 1.165) is 6.07 Å². The van der Waals surface area contributed by atoms with Crippen molar-refractivity contribution in [1.82, 2.24) is 0 Å². The Bertz CT molecular complexity index is 371. The third kappa shape index (κ3) is 2.19. The molecule has 0 saturated carbocycles. The van der Waals surface area contributed by atoms with Crippen molar-refractivity contribution in [3.8, 4) is 0 Å². The van der Waals surface area contributed by atoms with Crippen molar-refractivity contribution >= 4 is 29.2 Å². The van der Waals surface area contributed by atoms with Gasteiger partial charge in [-0.05, 0) is 18.6 Å². The fraction of sp³-hybridized carbons (Fsp3) is 0.250. The van der Waals surface area contributed by atoms with Crippen molar-refractivity contribution in [1.29, 1.82) is 0 Å². The molecule has 0 radical (unpaired) electrons. The van der Waals surface area contributed by atoms with Crippen molar-refractivity contribution < 1.29 is 9.31 Å². The Hall–Kier alpha value is -0.750. The van der Waals surface area contributed by atoms with Gasteiger partial charge in [-0.25, -0.2) is 4.39 Å². The summed E-state index contributed by atoms with van der Waals surface area (Å²) in [4.78, 5) is 10.9. The van der Waals surface area contributed by atoms with E-state index in [9.17, 15) is 14.5 Å². The number of rotatable bonds is 3. The first-order valence-electron chi connectivity index (χ1n) is 3.66. The van der Waals surface area contributed by atoms with Crippen LogP contribution in [0.5, 0.6) is 0 Å². The van der Waals surface area contributed by atoms with Gasteiger partial charge in [0.25, 0.3) is 5.69 Å². The number of benzene rings is 1. The molecule has 0 saturated heterocycles. The monoisotopic (exact) mass is 233 g/mol. The van der Waals surface area contributed by atoms with Crippen molar-refractivity contribution in [3.05, 3.63) is 28.1 Å². The minimum atomic E-state index is -0.570. The minimum absolute atomic E-state index is 0.173. The molecule has 1 rings (SSSR count). The minimum Gasteiger partial charge on any atom is -0.258 e. The molecule has 0 bridgehead atoms. The van der Waals surface area contributed by atoms with E-state index in [0.29, 0.717) is 9.79 Å². The van der Waals surface area contributed by atoms with Gasteiger partial charge in [-0.3, -0.25) is 10.1 Å². The molecule has 0 fully saturated rings. The molecule has 0 aliphatic heterocycles. The lowest BCUT2D eigenvalue weighted by Gasteiger charge is -2.03. The molecule has 3 nitrogen and oxygen atoms in total. The molecule has 14 heavy (non-hydrogen) atoms. The SMILES string of the molecule is CSc1cc(SC)c([N+](=O)[O-])cc1F. The first-order valence-corrected chi connectivity index (χ1v) is 6.11. The van der Waals surface area contributed by atoms with Gasteiger partial charge in [0.2, 0.25) is 0 Å². The van der Waals surface area contributed by atoms with E-state index in [2.05, 4.69) is 0 Å². The molecule has 0 heterocycles. The number of halogens is 1. The molecule has 0 aromatic heterocycles. The van der Waals surface area contributed by atoms with Gasteiger partial charge in [-0.15, -0.1) is 23.5 Å². The van der Waals surface area contributed by atoms with Crippen molar-refractivity contribution in [3.63, 3.8) is 0 Å². The van der Waals surface area contributed by atoms with Crippen LogP contribution in [0.25, 0.3) is 0 Å². The van der Waals surface area contributed by atoms with Gasteiger partial charge in [0, 0.05) is 4.90 Å².